The fourth-order valence-corrected chi connectivity index (χ4v) is 3.41. The summed E-state index contributed by atoms with van der Waals surface area (Å²) in [5.41, 5.74) is 2.69. The standard InChI is InChI=1S/C22H19N7O5/c30-20(16-3-1-2-15(26-16)13-4-5-18(23-11-13)27-22(31)32)25-14-10-17-19(24-12-14)28-21(34-17)29-6-8-33-9-7-29/h1-5,10-12H,6-9H2,(H,23,27)(H,25,30)(H,31,32). The fourth-order valence-electron chi connectivity index (χ4n) is 3.41. The van der Waals surface area contributed by atoms with Gasteiger partial charge in [-0.2, -0.15) is 4.98 Å². The zero-order valence-corrected chi connectivity index (χ0v) is 17.8. The molecule has 0 saturated carbocycles. The molecule has 5 heterocycles. The first-order valence-corrected chi connectivity index (χ1v) is 10.4. The van der Waals surface area contributed by atoms with Crippen molar-refractivity contribution in [3.63, 3.8) is 0 Å². The van der Waals surface area contributed by atoms with Crippen LogP contribution in [0, 0.1) is 0 Å². The number of aromatic nitrogens is 4. The van der Waals surface area contributed by atoms with E-state index in [4.69, 9.17) is 14.3 Å². The van der Waals surface area contributed by atoms with Crippen LogP contribution in [0.2, 0.25) is 0 Å². The quantitative estimate of drug-likeness (QED) is 0.404. The van der Waals surface area contributed by atoms with Crippen LogP contribution in [0.1, 0.15) is 10.5 Å². The van der Waals surface area contributed by atoms with Crippen LogP contribution >= 0.6 is 0 Å². The van der Waals surface area contributed by atoms with Gasteiger partial charge >= 0.3 is 6.09 Å². The van der Waals surface area contributed by atoms with Gasteiger partial charge in [0, 0.05) is 30.9 Å². The van der Waals surface area contributed by atoms with Gasteiger partial charge < -0.3 is 24.5 Å². The van der Waals surface area contributed by atoms with E-state index in [1.165, 1.54) is 18.5 Å². The Kier molecular flexibility index (Phi) is 5.70. The van der Waals surface area contributed by atoms with Gasteiger partial charge in [0.1, 0.15) is 11.5 Å². The van der Waals surface area contributed by atoms with E-state index in [0.29, 0.717) is 60.5 Å². The average Bonchev–Trinajstić information content (AvgIpc) is 3.28. The SMILES string of the molecule is O=C(O)Nc1ccc(-c2cccc(C(=O)Nc3cnc4nc(N5CCOCC5)oc4c3)n2)cn1. The topological polar surface area (TPSA) is 156 Å². The molecule has 1 saturated heterocycles. The number of nitrogens with one attached hydrogen (secondary N) is 2. The highest BCUT2D eigenvalue weighted by molar-refractivity contribution is 6.03. The number of hydrogen-bond acceptors (Lipinski definition) is 9. The second-order valence-electron chi connectivity index (χ2n) is 7.37. The molecule has 5 rings (SSSR count). The Morgan fingerprint density at radius 3 is 2.62 bits per heavy atom. The molecule has 12 nitrogen and oxygen atoms in total. The molecule has 1 aliphatic heterocycles. The molecule has 0 atom stereocenters. The predicted molar refractivity (Wildman–Crippen MR) is 122 cm³/mol. The van der Waals surface area contributed by atoms with Crippen molar-refractivity contribution in [2.75, 3.05) is 41.8 Å². The number of ether oxygens (including phenoxy) is 1. The molecular formula is C22H19N7O5. The fraction of sp³-hybridized carbons (Fsp3) is 0.182. The first-order valence-electron chi connectivity index (χ1n) is 10.4. The number of anilines is 3. The third-order valence-corrected chi connectivity index (χ3v) is 5.05. The number of fused-ring (bicyclic) bond motifs is 1. The van der Waals surface area contributed by atoms with Crippen molar-refractivity contribution in [3.8, 4) is 11.3 Å². The van der Waals surface area contributed by atoms with Gasteiger partial charge in [-0.15, -0.1) is 0 Å². The maximum atomic E-state index is 12.8. The number of morpholine rings is 1. The van der Waals surface area contributed by atoms with Gasteiger partial charge in [0.15, 0.2) is 5.58 Å². The lowest BCUT2D eigenvalue weighted by molar-refractivity contribution is 0.102. The molecule has 4 aromatic rings. The molecule has 0 aliphatic carbocycles. The molecule has 0 aromatic carbocycles. The van der Waals surface area contributed by atoms with Crippen molar-refractivity contribution in [1.82, 2.24) is 19.9 Å². The van der Waals surface area contributed by atoms with Crippen LogP contribution in [0.15, 0.2) is 53.2 Å². The summed E-state index contributed by atoms with van der Waals surface area (Å²) in [5, 5.41) is 13.7. The Labute approximate surface area is 192 Å². The third-order valence-electron chi connectivity index (χ3n) is 5.05. The van der Waals surface area contributed by atoms with Crippen molar-refractivity contribution in [3.05, 3.63) is 54.5 Å². The maximum absolute atomic E-state index is 12.8. The number of carboxylic acid groups (broad SMARTS) is 1. The number of amides is 2. The van der Waals surface area contributed by atoms with Gasteiger partial charge in [-0.05, 0) is 24.3 Å². The van der Waals surface area contributed by atoms with Crippen molar-refractivity contribution in [1.29, 1.82) is 0 Å². The number of rotatable bonds is 5. The van der Waals surface area contributed by atoms with Gasteiger partial charge in [-0.1, -0.05) is 6.07 Å². The van der Waals surface area contributed by atoms with Gasteiger partial charge in [-0.3, -0.25) is 10.1 Å². The van der Waals surface area contributed by atoms with E-state index in [2.05, 4.69) is 30.6 Å². The van der Waals surface area contributed by atoms with Crippen LogP contribution in [0.25, 0.3) is 22.5 Å². The van der Waals surface area contributed by atoms with Crippen molar-refractivity contribution in [2.45, 2.75) is 0 Å². The average molecular weight is 461 g/mol. The molecule has 1 aliphatic rings. The number of carbonyl (C=O) groups is 2. The largest absolute Gasteiger partial charge is 0.465 e. The van der Waals surface area contributed by atoms with Crippen molar-refractivity contribution < 1.29 is 23.8 Å². The van der Waals surface area contributed by atoms with Crippen LogP contribution < -0.4 is 15.5 Å². The molecule has 4 aromatic heterocycles. The van der Waals surface area contributed by atoms with Gasteiger partial charge in [-0.25, -0.2) is 19.7 Å². The zero-order valence-electron chi connectivity index (χ0n) is 17.8. The van der Waals surface area contributed by atoms with Crippen LogP contribution in [0.5, 0.6) is 0 Å². The number of pyridine rings is 3. The van der Waals surface area contributed by atoms with Crippen LogP contribution in [0.4, 0.5) is 22.3 Å². The Hall–Kier alpha value is -4.58. The Morgan fingerprint density at radius 1 is 1.00 bits per heavy atom. The highest BCUT2D eigenvalue weighted by atomic mass is 16.5. The molecule has 1 fully saturated rings. The predicted octanol–water partition coefficient (Wildman–Crippen LogP) is 2.86. The lowest BCUT2D eigenvalue weighted by atomic mass is 10.1. The molecule has 2 amide bonds. The minimum absolute atomic E-state index is 0.192. The van der Waals surface area contributed by atoms with Crippen molar-refractivity contribution >= 4 is 40.8 Å². The summed E-state index contributed by atoms with van der Waals surface area (Å²) >= 11 is 0. The first-order chi connectivity index (χ1) is 16.5. The minimum atomic E-state index is -1.20. The normalized spacial score (nSPS) is 13.6. The number of hydrogen-bond donors (Lipinski definition) is 3. The molecule has 12 heteroatoms. The second kappa shape index (κ2) is 9.11. The van der Waals surface area contributed by atoms with E-state index in [1.54, 1.807) is 30.3 Å². The number of carbonyl (C=O) groups excluding carboxylic acids is 1. The monoisotopic (exact) mass is 461 g/mol. The summed E-state index contributed by atoms with van der Waals surface area (Å²) < 4.78 is 11.2. The second-order valence-corrected chi connectivity index (χ2v) is 7.37. The molecule has 3 N–H and O–H groups in total. The summed E-state index contributed by atoms with van der Waals surface area (Å²) in [6, 6.07) is 10.3. The lowest BCUT2D eigenvalue weighted by Gasteiger charge is -2.24. The van der Waals surface area contributed by atoms with Crippen LogP contribution in [-0.2, 0) is 4.74 Å². The summed E-state index contributed by atoms with van der Waals surface area (Å²) in [7, 11) is 0. The van der Waals surface area contributed by atoms with E-state index < -0.39 is 12.0 Å². The molecule has 34 heavy (non-hydrogen) atoms. The summed E-state index contributed by atoms with van der Waals surface area (Å²) in [6.07, 6.45) is 1.78. The molecule has 0 radical (unpaired) electrons. The highest BCUT2D eigenvalue weighted by Crippen LogP contribution is 2.24. The Balaban J connectivity index is 1.31. The third kappa shape index (κ3) is 4.61. The van der Waals surface area contributed by atoms with E-state index >= 15 is 0 Å². The Morgan fingerprint density at radius 2 is 1.85 bits per heavy atom. The summed E-state index contributed by atoms with van der Waals surface area (Å²) in [6.45, 7) is 2.59. The zero-order chi connectivity index (χ0) is 23.5. The van der Waals surface area contributed by atoms with Crippen molar-refractivity contribution in [2.24, 2.45) is 0 Å². The van der Waals surface area contributed by atoms with E-state index in [-0.39, 0.29) is 11.5 Å². The van der Waals surface area contributed by atoms with E-state index in [0.717, 1.165) is 0 Å². The molecule has 172 valence electrons. The van der Waals surface area contributed by atoms with E-state index in [1.807, 2.05) is 4.90 Å². The van der Waals surface area contributed by atoms with E-state index in [9.17, 15) is 9.59 Å². The number of oxazole rings is 1. The molecule has 0 unspecified atom stereocenters. The van der Waals surface area contributed by atoms with Crippen LogP contribution in [0.3, 0.4) is 0 Å². The highest BCUT2D eigenvalue weighted by Gasteiger charge is 2.18. The minimum Gasteiger partial charge on any atom is -0.465 e. The van der Waals surface area contributed by atoms with Gasteiger partial charge in [0.25, 0.3) is 11.9 Å². The number of nitrogens with zero attached hydrogens (tertiary/aromatic N) is 5. The maximum Gasteiger partial charge on any atom is 0.410 e. The van der Waals surface area contributed by atoms with Crippen LogP contribution in [-0.4, -0.2) is 63.3 Å². The molecule has 0 spiro atoms. The lowest BCUT2D eigenvalue weighted by Crippen LogP contribution is -2.36. The summed E-state index contributed by atoms with van der Waals surface area (Å²) in [4.78, 5) is 42.6. The molecule has 0 bridgehead atoms. The summed E-state index contributed by atoms with van der Waals surface area (Å²) in [5.74, 6) is -0.231. The van der Waals surface area contributed by atoms with Gasteiger partial charge in [0.05, 0.1) is 30.8 Å². The smallest absolute Gasteiger partial charge is 0.410 e. The van der Waals surface area contributed by atoms with Gasteiger partial charge in [0.2, 0.25) is 5.65 Å². The Bertz CT molecular complexity index is 1350. The molecular weight excluding hydrogens is 442 g/mol. The first kappa shape index (κ1) is 21.3.